The van der Waals surface area contributed by atoms with Crippen LogP contribution in [-0.4, -0.2) is 28.1 Å². The summed E-state index contributed by atoms with van der Waals surface area (Å²) in [5, 5.41) is 19.7. The van der Waals surface area contributed by atoms with Crippen LogP contribution in [0.3, 0.4) is 0 Å². The van der Waals surface area contributed by atoms with Crippen LogP contribution in [0.1, 0.15) is 84.0 Å². The second kappa shape index (κ2) is 7.78. The maximum Gasteiger partial charge on any atom is 0.303 e. The van der Waals surface area contributed by atoms with Gasteiger partial charge in [0.15, 0.2) is 5.78 Å². The predicted octanol–water partition coefficient (Wildman–Crippen LogP) is 4.81. The number of carbonyl (C=O) groups is 2. The molecule has 0 aliphatic heterocycles. The molecular formula is C24H34O4. The number of fused-ring (bicyclic) bond motifs is 4. The van der Waals surface area contributed by atoms with Crippen molar-refractivity contribution in [2.45, 2.75) is 90.1 Å². The zero-order valence-corrected chi connectivity index (χ0v) is 17.1. The number of aliphatic carboxylic acids is 1. The Bertz CT molecular complexity index is 718. The number of aliphatic hydroxyl groups is 1. The van der Waals surface area contributed by atoms with Crippen LogP contribution in [0.5, 0.6) is 0 Å². The van der Waals surface area contributed by atoms with Gasteiger partial charge in [-0.15, -0.1) is 0 Å². The van der Waals surface area contributed by atoms with Gasteiger partial charge in [-0.05, 0) is 91.8 Å². The van der Waals surface area contributed by atoms with Crippen LogP contribution in [0.2, 0.25) is 0 Å². The second-order valence-corrected chi connectivity index (χ2v) is 9.81. The first kappa shape index (κ1) is 19.9. The molecule has 0 spiro atoms. The average molecular weight is 387 g/mol. The van der Waals surface area contributed by atoms with Crippen LogP contribution in [0.15, 0.2) is 22.8 Å². The minimum absolute atomic E-state index is 0.0200. The number of carbonyl (C=O) groups excluding carboxylic acids is 1. The average Bonchev–Trinajstić information content (AvgIpc) is 2.95. The third-order valence-corrected chi connectivity index (χ3v) is 8.23. The lowest BCUT2D eigenvalue weighted by Gasteiger charge is -2.52. The van der Waals surface area contributed by atoms with Crippen molar-refractivity contribution in [1.82, 2.24) is 0 Å². The van der Waals surface area contributed by atoms with Crippen molar-refractivity contribution in [3.05, 3.63) is 22.8 Å². The van der Waals surface area contributed by atoms with Crippen LogP contribution in [0.4, 0.5) is 0 Å². The van der Waals surface area contributed by atoms with Crippen molar-refractivity contribution >= 4 is 11.8 Å². The minimum atomic E-state index is -0.707. The van der Waals surface area contributed by atoms with Crippen LogP contribution >= 0.6 is 0 Å². The van der Waals surface area contributed by atoms with Crippen LogP contribution in [-0.2, 0) is 9.59 Å². The molecule has 0 aromatic rings. The predicted molar refractivity (Wildman–Crippen MR) is 108 cm³/mol. The maximum absolute atomic E-state index is 12.0. The Morgan fingerprint density at radius 3 is 2.75 bits per heavy atom. The minimum Gasteiger partial charge on any atom is -0.481 e. The Morgan fingerprint density at radius 2 is 1.96 bits per heavy atom. The van der Waals surface area contributed by atoms with Crippen molar-refractivity contribution in [2.24, 2.45) is 23.2 Å². The van der Waals surface area contributed by atoms with E-state index >= 15 is 0 Å². The first-order chi connectivity index (χ1) is 13.4. The number of hydrogen-bond donors (Lipinski definition) is 2. The van der Waals surface area contributed by atoms with E-state index in [0.29, 0.717) is 24.2 Å². The fourth-order valence-corrected chi connectivity index (χ4v) is 6.91. The molecule has 0 radical (unpaired) electrons. The van der Waals surface area contributed by atoms with Gasteiger partial charge >= 0.3 is 5.97 Å². The van der Waals surface area contributed by atoms with Crippen molar-refractivity contribution in [2.75, 3.05) is 0 Å². The van der Waals surface area contributed by atoms with Gasteiger partial charge in [-0.2, -0.15) is 0 Å². The highest BCUT2D eigenvalue weighted by molar-refractivity contribution is 5.93. The Labute approximate surface area is 168 Å². The van der Waals surface area contributed by atoms with Gasteiger partial charge < -0.3 is 10.2 Å². The fraction of sp³-hybridized carbons (Fsp3) is 0.750. The SMILES string of the molecule is C[C@]12C[C@H](CCCCCC(=O)O)C3=C4CCC(=O)C=C4CC[C@H]3[C@@H]1CC[C@@H]2O. The quantitative estimate of drug-likeness (QED) is 0.642. The van der Waals surface area contributed by atoms with Crippen molar-refractivity contribution in [3.63, 3.8) is 0 Å². The highest BCUT2D eigenvalue weighted by Crippen LogP contribution is 2.62. The van der Waals surface area contributed by atoms with Gasteiger partial charge in [0.25, 0.3) is 0 Å². The molecular weight excluding hydrogens is 352 g/mol. The molecule has 4 aliphatic carbocycles. The molecule has 0 bridgehead atoms. The van der Waals surface area contributed by atoms with Gasteiger partial charge in [-0.25, -0.2) is 0 Å². The summed E-state index contributed by atoms with van der Waals surface area (Å²) in [5.41, 5.74) is 4.42. The number of carboxylic acids is 1. The number of allylic oxidation sites excluding steroid dienone is 4. The van der Waals surface area contributed by atoms with Crippen LogP contribution in [0, 0.1) is 23.2 Å². The van der Waals surface area contributed by atoms with E-state index in [-0.39, 0.29) is 23.7 Å². The smallest absolute Gasteiger partial charge is 0.303 e. The molecule has 0 heterocycles. The number of carboxylic acid groups (broad SMARTS) is 1. The molecule has 28 heavy (non-hydrogen) atoms. The standard InChI is InChI=1S/C24H34O4/c1-24-14-16(5-3-2-4-6-22(27)28)23-18-10-8-17(25)13-15(18)7-9-19(23)20(24)11-12-21(24)26/h13,16,19-21,26H,2-12,14H2,1H3,(H,27,28)/t16-,19-,20-,21-,24-/m0/s1. The lowest BCUT2D eigenvalue weighted by molar-refractivity contribution is -0.137. The number of unbranched alkanes of at least 4 members (excludes halogenated alkanes) is 2. The van der Waals surface area contributed by atoms with Crippen molar-refractivity contribution < 1.29 is 19.8 Å². The Kier molecular flexibility index (Phi) is 5.52. The van der Waals surface area contributed by atoms with E-state index in [1.807, 2.05) is 6.08 Å². The molecule has 4 rings (SSSR count). The van der Waals surface area contributed by atoms with Crippen molar-refractivity contribution in [1.29, 1.82) is 0 Å². The monoisotopic (exact) mass is 386 g/mol. The molecule has 2 N–H and O–H groups in total. The van der Waals surface area contributed by atoms with Crippen LogP contribution in [0.25, 0.3) is 0 Å². The molecule has 0 aromatic carbocycles. The molecule has 0 amide bonds. The van der Waals surface area contributed by atoms with E-state index in [0.717, 1.165) is 64.2 Å². The van der Waals surface area contributed by atoms with Gasteiger partial charge in [-0.3, -0.25) is 9.59 Å². The van der Waals surface area contributed by atoms with E-state index in [1.165, 1.54) is 11.1 Å². The summed E-state index contributed by atoms with van der Waals surface area (Å²) < 4.78 is 0. The Hall–Kier alpha value is -1.42. The summed E-state index contributed by atoms with van der Waals surface area (Å²) in [6.07, 6.45) is 12.6. The summed E-state index contributed by atoms with van der Waals surface area (Å²) in [4.78, 5) is 22.7. The summed E-state index contributed by atoms with van der Waals surface area (Å²) in [5.74, 6) is 1.20. The van der Waals surface area contributed by atoms with Gasteiger partial charge in [0, 0.05) is 12.8 Å². The van der Waals surface area contributed by atoms with E-state index in [4.69, 9.17) is 5.11 Å². The molecule has 0 unspecified atom stereocenters. The zero-order chi connectivity index (χ0) is 19.9. The molecule has 4 aliphatic rings. The number of ketones is 1. The van der Waals surface area contributed by atoms with Gasteiger partial charge in [-0.1, -0.05) is 25.3 Å². The number of rotatable bonds is 6. The summed E-state index contributed by atoms with van der Waals surface area (Å²) in [7, 11) is 0. The second-order valence-electron chi connectivity index (χ2n) is 9.81. The Morgan fingerprint density at radius 1 is 1.14 bits per heavy atom. The highest BCUT2D eigenvalue weighted by atomic mass is 16.4. The summed E-state index contributed by atoms with van der Waals surface area (Å²) in [6.45, 7) is 2.31. The first-order valence-corrected chi connectivity index (χ1v) is 11.3. The highest BCUT2D eigenvalue weighted by Gasteiger charge is 2.55. The maximum atomic E-state index is 12.0. The fourth-order valence-electron chi connectivity index (χ4n) is 6.91. The lowest BCUT2D eigenvalue weighted by atomic mass is 9.53. The largest absolute Gasteiger partial charge is 0.481 e. The third kappa shape index (κ3) is 3.49. The Balaban J connectivity index is 1.59. The van der Waals surface area contributed by atoms with E-state index < -0.39 is 5.97 Å². The van der Waals surface area contributed by atoms with Gasteiger partial charge in [0.1, 0.15) is 0 Å². The number of aliphatic hydroxyl groups excluding tert-OH is 1. The number of hydrogen-bond acceptors (Lipinski definition) is 3. The molecule has 154 valence electrons. The molecule has 2 fully saturated rings. The van der Waals surface area contributed by atoms with E-state index in [2.05, 4.69) is 6.92 Å². The lowest BCUT2D eigenvalue weighted by Crippen LogP contribution is -2.45. The summed E-state index contributed by atoms with van der Waals surface area (Å²) >= 11 is 0. The molecule has 4 heteroatoms. The van der Waals surface area contributed by atoms with Gasteiger partial charge in [0.2, 0.25) is 0 Å². The zero-order valence-electron chi connectivity index (χ0n) is 17.1. The van der Waals surface area contributed by atoms with Gasteiger partial charge in [0.05, 0.1) is 6.10 Å². The van der Waals surface area contributed by atoms with E-state index in [9.17, 15) is 14.7 Å². The van der Waals surface area contributed by atoms with Crippen LogP contribution < -0.4 is 0 Å². The molecule has 0 aromatic heterocycles. The summed E-state index contributed by atoms with van der Waals surface area (Å²) in [6, 6.07) is 0. The molecule has 4 nitrogen and oxygen atoms in total. The molecule has 0 saturated heterocycles. The topological polar surface area (TPSA) is 74.6 Å². The molecule has 2 saturated carbocycles. The first-order valence-electron chi connectivity index (χ1n) is 11.3. The van der Waals surface area contributed by atoms with Crippen molar-refractivity contribution in [3.8, 4) is 0 Å². The molecule has 5 atom stereocenters. The van der Waals surface area contributed by atoms with E-state index in [1.54, 1.807) is 5.57 Å². The third-order valence-electron chi connectivity index (χ3n) is 8.23. The normalized spacial score (nSPS) is 37.2.